The molecule has 3 rings (SSSR count). The smallest absolute Gasteiger partial charge is 0.227 e. The van der Waals surface area contributed by atoms with Gasteiger partial charge in [-0.2, -0.15) is 0 Å². The first-order chi connectivity index (χ1) is 11.1. The molecule has 1 atom stereocenters. The van der Waals surface area contributed by atoms with E-state index in [9.17, 15) is 4.79 Å². The Bertz CT molecular complexity index is 694. The van der Waals surface area contributed by atoms with Gasteiger partial charge in [0.25, 0.3) is 0 Å². The second-order valence-corrected chi connectivity index (χ2v) is 6.28. The Kier molecular flexibility index (Phi) is 8.66. The van der Waals surface area contributed by atoms with Crippen molar-refractivity contribution in [3.8, 4) is 0 Å². The molecular formula is C18H22Cl3N3O. The van der Waals surface area contributed by atoms with Crippen LogP contribution in [-0.4, -0.2) is 35.4 Å². The number of carbonyl (C=O) groups excluding carboxylic acids is 1. The van der Waals surface area contributed by atoms with Gasteiger partial charge in [-0.15, -0.1) is 24.8 Å². The van der Waals surface area contributed by atoms with E-state index in [0.717, 1.165) is 29.9 Å². The normalized spacial score (nSPS) is 16.6. The zero-order chi connectivity index (χ0) is 16.2. The van der Waals surface area contributed by atoms with Crippen molar-refractivity contribution in [2.45, 2.75) is 19.4 Å². The summed E-state index contributed by atoms with van der Waals surface area (Å²) < 4.78 is 0. The van der Waals surface area contributed by atoms with E-state index < -0.39 is 0 Å². The standard InChI is InChI=1S/C18H20ClN3O.2ClH/c1-13-5-6-14(11-21-13)9-18(23)22-8-7-20-12-17(22)15-3-2-4-16(19)10-15;;/h2-6,10-11,17,20H,7-9,12H2,1H3;2*1H. The second-order valence-electron chi connectivity index (χ2n) is 5.85. The Hall–Kier alpha value is -1.33. The van der Waals surface area contributed by atoms with E-state index in [2.05, 4.69) is 10.3 Å². The van der Waals surface area contributed by atoms with E-state index in [4.69, 9.17) is 11.6 Å². The highest BCUT2D eigenvalue weighted by atomic mass is 35.5. The van der Waals surface area contributed by atoms with E-state index in [1.165, 1.54) is 0 Å². The van der Waals surface area contributed by atoms with E-state index in [1.54, 1.807) is 6.20 Å². The Labute approximate surface area is 165 Å². The summed E-state index contributed by atoms with van der Waals surface area (Å²) in [5.41, 5.74) is 2.98. The number of aryl methyl sites for hydroxylation is 1. The molecule has 136 valence electrons. The molecule has 0 aliphatic carbocycles. The molecule has 1 aromatic heterocycles. The number of carbonyl (C=O) groups is 1. The topological polar surface area (TPSA) is 45.2 Å². The van der Waals surface area contributed by atoms with Crippen molar-refractivity contribution in [2.75, 3.05) is 19.6 Å². The van der Waals surface area contributed by atoms with Gasteiger partial charge in [-0.25, -0.2) is 0 Å². The van der Waals surface area contributed by atoms with Gasteiger partial charge in [0.1, 0.15) is 0 Å². The van der Waals surface area contributed by atoms with Gasteiger partial charge in [0.2, 0.25) is 5.91 Å². The second kappa shape index (κ2) is 9.97. The number of piperazine rings is 1. The minimum Gasteiger partial charge on any atom is -0.333 e. The quantitative estimate of drug-likeness (QED) is 0.853. The van der Waals surface area contributed by atoms with Crippen molar-refractivity contribution in [3.05, 3.63) is 64.4 Å². The number of amides is 1. The summed E-state index contributed by atoms with van der Waals surface area (Å²) >= 11 is 6.10. The van der Waals surface area contributed by atoms with Crippen LogP contribution < -0.4 is 5.32 Å². The average Bonchev–Trinajstić information content (AvgIpc) is 2.57. The molecule has 0 spiro atoms. The Balaban J connectivity index is 0.00000156. The zero-order valence-electron chi connectivity index (χ0n) is 13.9. The summed E-state index contributed by atoms with van der Waals surface area (Å²) in [6.07, 6.45) is 2.16. The first kappa shape index (κ1) is 21.7. The van der Waals surface area contributed by atoms with Crippen LogP contribution in [0.1, 0.15) is 22.9 Å². The molecule has 0 bridgehead atoms. The van der Waals surface area contributed by atoms with Crippen molar-refractivity contribution in [1.29, 1.82) is 0 Å². The van der Waals surface area contributed by atoms with Gasteiger partial charge in [-0.05, 0) is 36.2 Å². The third kappa shape index (κ3) is 5.58. The molecule has 1 amide bonds. The Morgan fingerprint density at radius 1 is 1.32 bits per heavy atom. The molecular weight excluding hydrogens is 381 g/mol. The van der Waals surface area contributed by atoms with E-state index in [0.29, 0.717) is 18.0 Å². The van der Waals surface area contributed by atoms with Crippen LogP contribution in [0.5, 0.6) is 0 Å². The number of halogens is 3. The van der Waals surface area contributed by atoms with Crippen molar-refractivity contribution >= 4 is 42.3 Å². The predicted molar refractivity (Wildman–Crippen MR) is 106 cm³/mol. The van der Waals surface area contributed by atoms with Crippen LogP contribution in [0, 0.1) is 6.92 Å². The molecule has 2 aromatic rings. The van der Waals surface area contributed by atoms with Gasteiger partial charge in [-0.3, -0.25) is 9.78 Å². The number of aromatic nitrogens is 1. The van der Waals surface area contributed by atoms with Crippen molar-refractivity contribution in [2.24, 2.45) is 0 Å². The Morgan fingerprint density at radius 2 is 2.12 bits per heavy atom. The lowest BCUT2D eigenvalue weighted by atomic mass is 10.0. The lowest BCUT2D eigenvalue weighted by Gasteiger charge is -2.36. The SMILES string of the molecule is Cc1ccc(CC(=O)N2CCNCC2c2cccc(Cl)c2)cn1.Cl.Cl. The zero-order valence-corrected chi connectivity index (χ0v) is 16.3. The number of pyridine rings is 1. The number of hydrogen-bond donors (Lipinski definition) is 1. The predicted octanol–water partition coefficient (Wildman–Crippen LogP) is 3.60. The van der Waals surface area contributed by atoms with Crippen LogP contribution in [0.3, 0.4) is 0 Å². The van der Waals surface area contributed by atoms with E-state index in [-0.39, 0.29) is 36.8 Å². The summed E-state index contributed by atoms with van der Waals surface area (Å²) in [6.45, 7) is 4.21. The van der Waals surface area contributed by atoms with E-state index >= 15 is 0 Å². The number of benzene rings is 1. The first-order valence-corrected chi connectivity index (χ1v) is 8.18. The highest BCUT2D eigenvalue weighted by molar-refractivity contribution is 6.30. The molecule has 0 radical (unpaired) electrons. The Morgan fingerprint density at radius 3 is 2.80 bits per heavy atom. The van der Waals surface area contributed by atoms with E-state index in [1.807, 2.05) is 48.2 Å². The number of nitrogens with zero attached hydrogens (tertiary/aromatic N) is 2. The molecule has 1 aliphatic rings. The molecule has 25 heavy (non-hydrogen) atoms. The van der Waals surface area contributed by atoms with Crippen LogP contribution >= 0.6 is 36.4 Å². The fraction of sp³-hybridized carbons (Fsp3) is 0.333. The molecule has 1 N–H and O–H groups in total. The van der Waals surface area contributed by atoms with Gasteiger partial charge in [0.15, 0.2) is 0 Å². The molecule has 1 fully saturated rings. The van der Waals surface area contributed by atoms with Crippen LogP contribution in [-0.2, 0) is 11.2 Å². The molecule has 2 heterocycles. The summed E-state index contributed by atoms with van der Waals surface area (Å²) in [4.78, 5) is 19.0. The van der Waals surface area contributed by atoms with Crippen LogP contribution in [0.2, 0.25) is 5.02 Å². The number of rotatable bonds is 3. The van der Waals surface area contributed by atoms with Crippen molar-refractivity contribution < 1.29 is 4.79 Å². The highest BCUT2D eigenvalue weighted by Gasteiger charge is 2.27. The molecule has 4 nitrogen and oxygen atoms in total. The number of hydrogen-bond acceptors (Lipinski definition) is 3. The summed E-state index contributed by atoms with van der Waals surface area (Å²) in [6, 6.07) is 11.7. The molecule has 1 aromatic carbocycles. The van der Waals surface area contributed by atoms with Crippen LogP contribution in [0.15, 0.2) is 42.6 Å². The monoisotopic (exact) mass is 401 g/mol. The van der Waals surface area contributed by atoms with Crippen molar-refractivity contribution in [1.82, 2.24) is 15.2 Å². The fourth-order valence-corrected chi connectivity index (χ4v) is 3.09. The summed E-state index contributed by atoms with van der Waals surface area (Å²) in [7, 11) is 0. The van der Waals surface area contributed by atoms with Gasteiger partial charge in [-0.1, -0.05) is 29.8 Å². The summed E-state index contributed by atoms with van der Waals surface area (Å²) in [5.74, 6) is 0.127. The van der Waals surface area contributed by atoms with Crippen molar-refractivity contribution in [3.63, 3.8) is 0 Å². The van der Waals surface area contributed by atoms with Crippen LogP contribution in [0.4, 0.5) is 0 Å². The largest absolute Gasteiger partial charge is 0.333 e. The third-order valence-electron chi connectivity index (χ3n) is 4.13. The lowest BCUT2D eigenvalue weighted by Crippen LogP contribution is -2.49. The summed E-state index contributed by atoms with van der Waals surface area (Å²) in [5, 5.41) is 4.06. The molecule has 1 aliphatic heterocycles. The minimum atomic E-state index is 0. The fourth-order valence-electron chi connectivity index (χ4n) is 2.89. The number of nitrogens with one attached hydrogen (secondary N) is 1. The van der Waals surface area contributed by atoms with Gasteiger partial charge < -0.3 is 10.2 Å². The average molecular weight is 403 g/mol. The lowest BCUT2D eigenvalue weighted by molar-refractivity contribution is -0.133. The maximum absolute atomic E-state index is 12.8. The molecule has 1 unspecified atom stereocenters. The highest BCUT2D eigenvalue weighted by Crippen LogP contribution is 2.25. The maximum atomic E-state index is 12.8. The van der Waals surface area contributed by atoms with Gasteiger partial charge >= 0.3 is 0 Å². The maximum Gasteiger partial charge on any atom is 0.227 e. The van der Waals surface area contributed by atoms with Gasteiger partial charge in [0, 0.05) is 36.5 Å². The van der Waals surface area contributed by atoms with Crippen LogP contribution in [0.25, 0.3) is 0 Å². The van der Waals surface area contributed by atoms with Gasteiger partial charge in [0.05, 0.1) is 12.5 Å². The molecule has 7 heteroatoms. The molecule has 0 saturated carbocycles. The third-order valence-corrected chi connectivity index (χ3v) is 4.36. The first-order valence-electron chi connectivity index (χ1n) is 7.80. The minimum absolute atomic E-state index is 0. The molecule has 1 saturated heterocycles.